The Kier molecular flexibility index (Phi) is 3.72. The lowest BCUT2D eigenvalue weighted by atomic mass is 10.1. The fourth-order valence-electron chi connectivity index (χ4n) is 1.77. The quantitative estimate of drug-likeness (QED) is 0.864. The largest absolute Gasteiger partial charge is 0.507 e. The van der Waals surface area contributed by atoms with Gasteiger partial charge in [0.15, 0.2) is 0 Å². The minimum Gasteiger partial charge on any atom is -0.507 e. The molecule has 0 heterocycles. The number of hydrogen-bond acceptors (Lipinski definition) is 2. The summed E-state index contributed by atoms with van der Waals surface area (Å²) in [5, 5.41) is 13.5. The zero-order valence-corrected chi connectivity index (χ0v) is 10.6. The van der Waals surface area contributed by atoms with E-state index < -0.39 is 5.82 Å². The number of anilines is 1. The molecule has 0 aliphatic heterocycles. The summed E-state index contributed by atoms with van der Waals surface area (Å²) in [6, 6.07) is 11.1. The standard InChI is InChI=1S/C14H13ClFNO/c1-9(11-7-6-10(16)8-14(11)18)17-13-5-3-2-4-12(13)15/h2-9,17-18H,1H3. The van der Waals surface area contributed by atoms with Crippen LogP contribution in [0.5, 0.6) is 5.75 Å². The number of para-hydroxylation sites is 1. The van der Waals surface area contributed by atoms with E-state index in [1.807, 2.05) is 25.1 Å². The Balaban J connectivity index is 2.22. The topological polar surface area (TPSA) is 32.3 Å². The molecular formula is C14H13ClFNO. The Morgan fingerprint density at radius 3 is 2.61 bits per heavy atom. The first-order valence-electron chi connectivity index (χ1n) is 5.57. The second kappa shape index (κ2) is 5.27. The van der Waals surface area contributed by atoms with Gasteiger partial charge in [-0.2, -0.15) is 0 Å². The van der Waals surface area contributed by atoms with E-state index in [9.17, 15) is 9.50 Å². The molecule has 2 nitrogen and oxygen atoms in total. The van der Waals surface area contributed by atoms with E-state index in [0.29, 0.717) is 10.6 Å². The SMILES string of the molecule is CC(Nc1ccccc1Cl)c1ccc(F)cc1O. The highest BCUT2D eigenvalue weighted by molar-refractivity contribution is 6.33. The van der Waals surface area contributed by atoms with Crippen LogP contribution in [0.4, 0.5) is 10.1 Å². The third kappa shape index (κ3) is 2.74. The molecule has 0 saturated carbocycles. The smallest absolute Gasteiger partial charge is 0.126 e. The van der Waals surface area contributed by atoms with Gasteiger partial charge in [0, 0.05) is 11.6 Å². The number of phenolic OH excluding ortho intramolecular Hbond substituents is 1. The van der Waals surface area contributed by atoms with Crippen molar-refractivity contribution < 1.29 is 9.50 Å². The van der Waals surface area contributed by atoms with E-state index in [4.69, 9.17) is 11.6 Å². The van der Waals surface area contributed by atoms with Gasteiger partial charge in [-0.3, -0.25) is 0 Å². The van der Waals surface area contributed by atoms with Crippen molar-refractivity contribution in [2.24, 2.45) is 0 Å². The zero-order valence-electron chi connectivity index (χ0n) is 9.82. The number of nitrogens with one attached hydrogen (secondary N) is 1. The highest BCUT2D eigenvalue weighted by Crippen LogP contribution is 2.30. The Bertz CT molecular complexity index is 559. The predicted octanol–water partition coefficient (Wildman–Crippen LogP) is 4.36. The van der Waals surface area contributed by atoms with E-state index in [1.165, 1.54) is 6.07 Å². The summed E-state index contributed by atoms with van der Waals surface area (Å²) < 4.78 is 12.9. The van der Waals surface area contributed by atoms with Crippen LogP contribution >= 0.6 is 11.6 Å². The second-order valence-electron chi connectivity index (χ2n) is 4.05. The van der Waals surface area contributed by atoms with E-state index in [1.54, 1.807) is 12.1 Å². The van der Waals surface area contributed by atoms with Crippen molar-refractivity contribution in [2.45, 2.75) is 13.0 Å². The number of benzene rings is 2. The van der Waals surface area contributed by atoms with Gasteiger partial charge in [-0.15, -0.1) is 0 Å². The summed E-state index contributed by atoms with van der Waals surface area (Å²) in [6.07, 6.45) is 0. The average molecular weight is 266 g/mol. The third-order valence-electron chi connectivity index (χ3n) is 2.70. The average Bonchev–Trinajstić information content (AvgIpc) is 2.32. The minimum absolute atomic E-state index is 0.0675. The van der Waals surface area contributed by atoms with Crippen LogP contribution in [0.15, 0.2) is 42.5 Å². The van der Waals surface area contributed by atoms with Gasteiger partial charge in [0.2, 0.25) is 0 Å². The molecule has 0 aromatic heterocycles. The fraction of sp³-hybridized carbons (Fsp3) is 0.143. The number of rotatable bonds is 3. The van der Waals surface area contributed by atoms with Gasteiger partial charge in [-0.05, 0) is 25.1 Å². The monoisotopic (exact) mass is 265 g/mol. The molecule has 0 saturated heterocycles. The third-order valence-corrected chi connectivity index (χ3v) is 3.03. The maximum Gasteiger partial charge on any atom is 0.126 e. The summed E-state index contributed by atoms with van der Waals surface area (Å²) in [5.74, 6) is -0.525. The molecule has 94 valence electrons. The zero-order chi connectivity index (χ0) is 13.1. The molecule has 18 heavy (non-hydrogen) atoms. The fourth-order valence-corrected chi connectivity index (χ4v) is 1.96. The molecule has 2 aromatic rings. The van der Waals surface area contributed by atoms with Crippen LogP contribution in [-0.2, 0) is 0 Å². The van der Waals surface area contributed by atoms with E-state index >= 15 is 0 Å². The number of phenols is 1. The molecule has 1 atom stereocenters. The lowest BCUT2D eigenvalue weighted by molar-refractivity contribution is 0.459. The van der Waals surface area contributed by atoms with Crippen molar-refractivity contribution in [2.75, 3.05) is 5.32 Å². The van der Waals surface area contributed by atoms with Gasteiger partial charge in [0.05, 0.1) is 16.8 Å². The van der Waals surface area contributed by atoms with Gasteiger partial charge in [-0.1, -0.05) is 29.8 Å². The molecule has 2 aromatic carbocycles. The van der Waals surface area contributed by atoms with Gasteiger partial charge in [-0.25, -0.2) is 4.39 Å². The summed E-state index contributed by atoms with van der Waals surface area (Å²) in [5.41, 5.74) is 1.40. The summed E-state index contributed by atoms with van der Waals surface area (Å²) in [7, 11) is 0. The van der Waals surface area contributed by atoms with Gasteiger partial charge >= 0.3 is 0 Å². The molecule has 0 amide bonds. The van der Waals surface area contributed by atoms with Crippen LogP contribution < -0.4 is 5.32 Å². The van der Waals surface area contributed by atoms with Crippen LogP contribution in [0.3, 0.4) is 0 Å². The molecule has 0 aliphatic rings. The predicted molar refractivity (Wildman–Crippen MR) is 71.6 cm³/mol. The van der Waals surface area contributed by atoms with Crippen LogP contribution in [0.25, 0.3) is 0 Å². The van der Waals surface area contributed by atoms with E-state index in [0.717, 1.165) is 11.8 Å². The maximum atomic E-state index is 12.9. The molecule has 0 radical (unpaired) electrons. The molecule has 0 spiro atoms. The maximum absolute atomic E-state index is 12.9. The number of hydrogen-bond donors (Lipinski definition) is 2. The molecular weight excluding hydrogens is 253 g/mol. The highest BCUT2D eigenvalue weighted by atomic mass is 35.5. The molecule has 0 aliphatic carbocycles. The molecule has 4 heteroatoms. The molecule has 0 fully saturated rings. The minimum atomic E-state index is -0.457. The van der Waals surface area contributed by atoms with Crippen molar-refractivity contribution in [1.82, 2.24) is 0 Å². The first-order chi connectivity index (χ1) is 8.58. The summed E-state index contributed by atoms with van der Waals surface area (Å²) >= 11 is 6.04. The summed E-state index contributed by atoms with van der Waals surface area (Å²) in [6.45, 7) is 1.87. The van der Waals surface area contributed by atoms with Gasteiger partial charge in [0.1, 0.15) is 11.6 Å². The second-order valence-corrected chi connectivity index (χ2v) is 4.46. The Morgan fingerprint density at radius 1 is 1.22 bits per heavy atom. The first kappa shape index (κ1) is 12.7. The number of aromatic hydroxyl groups is 1. The van der Waals surface area contributed by atoms with Crippen molar-refractivity contribution in [3.63, 3.8) is 0 Å². The molecule has 0 bridgehead atoms. The van der Waals surface area contributed by atoms with Crippen LogP contribution in [0.1, 0.15) is 18.5 Å². The van der Waals surface area contributed by atoms with Gasteiger partial charge < -0.3 is 10.4 Å². The van der Waals surface area contributed by atoms with Crippen LogP contribution in [0.2, 0.25) is 5.02 Å². The first-order valence-corrected chi connectivity index (χ1v) is 5.95. The highest BCUT2D eigenvalue weighted by Gasteiger charge is 2.12. The van der Waals surface area contributed by atoms with Crippen molar-refractivity contribution >= 4 is 17.3 Å². The van der Waals surface area contributed by atoms with Crippen molar-refractivity contribution in [3.8, 4) is 5.75 Å². The Morgan fingerprint density at radius 2 is 1.94 bits per heavy atom. The van der Waals surface area contributed by atoms with E-state index in [2.05, 4.69) is 5.32 Å². The normalized spacial score (nSPS) is 12.2. The lowest BCUT2D eigenvalue weighted by Gasteiger charge is -2.17. The Labute approximate surface area is 110 Å². The number of halogens is 2. The van der Waals surface area contributed by atoms with Gasteiger partial charge in [0.25, 0.3) is 0 Å². The van der Waals surface area contributed by atoms with Crippen LogP contribution in [0, 0.1) is 5.82 Å². The molecule has 1 unspecified atom stereocenters. The Hall–Kier alpha value is -1.74. The lowest BCUT2D eigenvalue weighted by Crippen LogP contribution is -2.07. The molecule has 2 rings (SSSR count). The van der Waals surface area contributed by atoms with Crippen LogP contribution in [-0.4, -0.2) is 5.11 Å². The van der Waals surface area contributed by atoms with Crippen molar-refractivity contribution in [3.05, 3.63) is 58.9 Å². The van der Waals surface area contributed by atoms with E-state index in [-0.39, 0.29) is 11.8 Å². The van der Waals surface area contributed by atoms with Crippen molar-refractivity contribution in [1.29, 1.82) is 0 Å². The summed E-state index contributed by atoms with van der Waals surface area (Å²) in [4.78, 5) is 0. The molecule has 2 N–H and O–H groups in total.